The van der Waals surface area contributed by atoms with Crippen molar-refractivity contribution in [3.8, 4) is 0 Å². The van der Waals surface area contributed by atoms with Crippen LogP contribution in [0.3, 0.4) is 0 Å². The lowest BCUT2D eigenvalue weighted by atomic mass is 9.88. The Morgan fingerprint density at radius 3 is 2.46 bits per heavy atom. The predicted molar refractivity (Wildman–Crippen MR) is 93.2 cm³/mol. The molecule has 2 heterocycles. The minimum Gasteiger partial charge on any atom is -0.469 e. The molecule has 2 N–H and O–H groups in total. The average Bonchev–Trinajstić information content (AvgIpc) is 3.04. The normalized spacial score (nSPS) is 12.0. The van der Waals surface area contributed by atoms with Crippen molar-refractivity contribution >= 4 is 5.97 Å². The third kappa shape index (κ3) is 3.98. The van der Waals surface area contributed by atoms with Crippen LogP contribution in [-0.2, 0) is 16.0 Å². The number of halogens is 3. The number of pyridine rings is 1. The Bertz CT molecular complexity index is 1050. The topological polar surface area (TPSA) is 87.8 Å². The van der Waals surface area contributed by atoms with Crippen molar-refractivity contribution in [2.75, 3.05) is 7.11 Å². The number of hydrogen-bond acceptors (Lipinski definition) is 4. The first-order valence-electron chi connectivity index (χ1n) is 8.30. The van der Waals surface area contributed by atoms with Gasteiger partial charge in [0.15, 0.2) is 11.6 Å². The summed E-state index contributed by atoms with van der Waals surface area (Å²) in [5.74, 6) is -4.69. The second kappa shape index (κ2) is 8.12. The van der Waals surface area contributed by atoms with Crippen molar-refractivity contribution in [3.63, 3.8) is 0 Å². The molecule has 0 amide bonds. The maximum atomic E-state index is 14.1. The third-order valence-corrected chi connectivity index (χ3v) is 4.41. The van der Waals surface area contributed by atoms with Gasteiger partial charge in [-0.25, -0.2) is 13.2 Å². The highest BCUT2D eigenvalue weighted by molar-refractivity contribution is 5.71. The van der Waals surface area contributed by atoms with E-state index in [0.29, 0.717) is 11.6 Å². The van der Waals surface area contributed by atoms with E-state index in [1.54, 1.807) is 12.1 Å². The highest BCUT2D eigenvalue weighted by Crippen LogP contribution is 2.29. The van der Waals surface area contributed by atoms with Crippen LogP contribution in [-0.4, -0.2) is 28.3 Å². The van der Waals surface area contributed by atoms with E-state index in [2.05, 4.69) is 15.2 Å². The Balaban J connectivity index is 2.06. The molecule has 9 heteroatoms. The fourth-order valence-electron chi connectivity index (χ4n) is 3.03. The number of nitrogens with zero attached hydrogens (tertiary/aromatic N) is 1. The number of rotatable bonds is 6. The van der Waals surface area contributed by atoms with E-state index in [0.717, 1.165) is 6.07 Å². The second-order valence-electron chi connectivity index (χ2n) is 6.12. The number of esters is 1. The quantitative estimate of drug-likeness (QED) is 0.500. The molecule has 0 radical (unpaired) electrons. The summed E-state index contributed by atoms with van der Waals surface area (Å²) in [6, 6.07) is 4.47. The van der Waals surface area contributed by atoms with Gasteiger partial charge in [0.2, 0.25) is 0 Å². The maximum absolute atomic E-state index is 14.1. The van der Waals surface area contributed by atoms with Crippen LogP contribution in [0.15, 0.2) is 41.5 Å². The molecule has 0 saturated carbocycles. The Hall–Kier alpha value is -3.36. The first-order chi connectivity index (χ1) is 13.4. The summed E-state index contributed by atoms with van der Waals surface area (Å²) in [7, 11) is 1.23. The Morgan fingerprint density at radius 1 is 1.11 bits per heavy atom. The number of carbonyl (C=O) groups excluding carboxylic acids is 1. The van der Waals surface area contributed by atoms with Gasteiger partial charge in [-0.2, -0.15) is 0 Å². The molecule has 28 heavy (non-hydrogen) atoms. The van der Waals surface area contributed by atoms with E-state index in [1.165, 1.54) is 19.5 Å². The van der Waals surface area contributed by atoms with Gasteiger partial charge >= 0.3 is 5.97 Å². The number of aromatic amines is 2. The van der Waals surface area contributed by atoms with Crippen molar-refractivity contribution in [1.29, 1.82) is 0 Å². The van der Waals surface area contributed by atoms with Crippen LogP contribution >= 0.6 is 0 Å². The van der Waals surface area contributed by atoms with Crippen molar-refractivity contribution in [1.82, 2.24) is 15.2 Å². The summed E-state index contributed by atoms with van der Waals surface area (Å²) in [6.07, 6.45) is 2.67. The monoisotopic (exact) mass is 391 g/mol. The van der Waals surface area contributed by atoms with Crippen LogP contribution in [0.4, 0.5) is 13.2 Å². The number of benzene rings is 1. The van der Waals surface area contributed by atoms with E-state index >= 15 is 0 Å². The molecule has 0 aliphatic heterocycles. The van der Waals surface area contributed by atoms with Crippen LogP contribution in [0, 0.1) is 17.5 Å². The van der Waals surface area contributed by atoms with Crippen LogP contribution in [0.5, 0.6) is 0 Å². The van der Waals surface area contributed by atoms with E-state index in [9.17, 15) is 22.8 Å². The molecule has 3 rings (SSSR count). The Morgan fingerprint density at radius 2 is 1.79 bits per heavy atom. The van der Waals surface area contributed by atoms with Crippen LogP contribution in [0.25, 0.3) is 0 Å². The Labute approximate surface area is 157 Å². The third-order valence-electron chi connectivity index (χ3n) is 4.41. The first-order valence-corrected chi connectivity index (χ1v) is 8.30. The van der Waals surface area contributed by atoms with Crippen molar-refractivity contribution in [3.05, 3.63) is 86.8 Å². The largest absolute Gasteiger partial charge is 0.469 e. The average molecular weight is 391 g/mol. The summed E-state index contributed by atoms with van der Waals surface area (Å²) in [5.41, 5.74) is 0.407. The molecule has 1 aromatic carbocycles. The number of H-pyrrole nitrogens is 2. The molecular formula is C19H16F3N3O3. The standard InChI is InChI=1S/C19H16F3N3O3/c1-28-17(26)8-12(10-2-4-23-5-3-10)18-16(24-25-19(18)27)7-11-6-14(21)15(22)9-13(11)20/h2-6,9,12H,7-8H2,1H3,(H2,24,25,27)/t12-/m1/s1. The first kappa shape index (κ1) is 19.4. The lowest BCUT2D eigenvalue weighted by Gasteiger charge is -2.16. The van der Waals surface area contributed by atoms with Gasteiger partial charge < -0.3 is 9.84 Å². The van der Waals surface area contributed by atoms with Gasteiger partial charge in [-0.1, -0.05) is 0 Å². The van der Waals surface area contributed by atoms with Crippen LogP contribution in [0.2, 0.25) is 0 Å². The highest BCUT2D eigenvalue weighted by Gasteiger charge is 2.26. The molecule has 0 spiro atoms. The van der Waals surface area contributed by atoms with Gasteiger partial charge in [0.05, 0.1) is 13.5 Å². The van der Waals surface area contributed by atoms with Gasteiger partial charge in [0.1, 0.15) is 5.82 Å². The number of aromatic nitrogens is 3. The molecule has 2 aromatic heterocycles. The number of ether oxygens (including phenoxy) is 1. The highest BCUT2D eigenvalue weighted by atomic mass is 19.2. The minimum atomic E-state index is -1.30. The molecule has 0 bridgehead atoms. The molecule has 3 aromatic rings. The lowest BCUT2D eigenvalue weighted by Crippen LogP contribution is -2.18. The smallest absolute Gasteiger partial charge is 0.306 e. The molecule has 6 nitrogen and oxygen atoms in total. The zero-order valence-corrected chi connectivity index (χ0v) is 14.8. The van der Waals surface area contributed by atoms with E-state index in [4.69, 9.17) is 4.74 Å². The molecule has 0 unspecified atom stereocenters. The molecular weight excluding hydrogens is 375 g/mol. The summed E-state index contributed by atoms with van der Waals surface area (Å²) < 4.78 is 45.5. The maximum Gasteiger partial charge on any atom is 0.306 e. The molecule has 146 valence electrons. The number of nitrogens with one attached hydrogen (secondary N) is 2. The fourth-order valence-corrected chi connectivity index (χ4v) is 3.03. The zero-order valence-electron chi connectivity index (χ0n) is 14.8. The van der Waals surface area contributed by atoms with Gasteiger partial charge in [0.25, 0.3) is 5.56 Å². The zero-order chi connectivity index (χ0) is 20.3. The van der Waals surface area contributed by atoms with Crippen molar-refractivity contribution < 1.29 is 22.7 Å². The van der Waals surface area contributed by atoms with Gasteiger partial charge in [0, 0.05) is 42.1 Å². The summed E-state index contributed by atoms with van der Waals surface area (Å²) in [6.45, 7) is 0. The molecule has 0 fully saturated rings. The lowest BCUT2D eigenvalue weighted by molar-refractivity contribution is -0.140. The van der Waals surface area contributed by atoms with Crippen molar-refractivity contribution in [2.45, 2.75) is 18.8 Å². The fraction of sp³-hybridized carbons (Fsp3) is 0.211. The van der Waals surface area contributed by atoms with E-state index in [1.807, 2.05) is 0 Å². The molecule has 0 saturated heterocycles. The molecule has 0 aliphatic carbocycles. The molecule has 0 aliphatic rings. The molecule has 1 atom stereocenters. The van der Waals surface area contributed by atoms with E-state index in [-0.39, 0.29) is 29.7 Å². The predicted octanol–water partition coefficient (Wildman–Crippen LogP) is 2.80. The number of hydrogen-bond donors (Lipinski definition) is 2. The Kier molecular flexibility index (Phi) is 5.62. The second-order valence-corrected chi connectivity index (χ2v) is 6.12. The number of carbonyl (C=O) groups is 1. The minimum absolute atomic E-state index is 0.137. The van der Waals surface area contributed by atoms with E-state index < -0.39 is 34.9 Å². The van der Waals surface area contributed by atoms with Crippen LogP contribution < -0.4 is 5.56 Å². The summed E-state index contributed by atoms with van der Waals surface area (Å²) >= 11 is 0. The summed E-state index contributed by atoms with van der Waals surface area (Å²) in [4.78, 5) is 28.2. The SMILES string of the molecule is COC(=O)C[C@H](c1ccncc1)c1c(Cc2cc(F)c(F)cc2F)[nH][nH]c1=O. The number of methoxy groups -OCH3 is 1. The van der Waals surface area contributed by atoms with Crippen molar-refractivity contribution in [2.24, 2.45) is 0 Å². The van der Waals surface area contributed by atoms with Gasteiger partial charge in [-0.15, -0.1) is 0 Å². The van der Waals surface area contributed by atoms with Gasteiger partial charge in [-0.3, -0.25) is 19.7 Å². The van der Waals surface area contributed by atoms with Gasteiger partial charge in [-0.05, 0) is 29.3 Å². The van der Waals surface area contributed by atoms with Crippen LogP contribution in [0.1, 0.15) is 34.7 Å². The summed E-state index contributed by atoms with van der Waals surface area (Å²) in [5, 5.41) is 5.04.